The Bertz CT molecular complexity index is 874. The average molecular weight is 378 g/mol. The predicted octanol–water partition coefficient (Wildman–Crippen LogP) is 3.31. The molecule has 1 unspecified atom stereocenters. The van der Waals surface area contributed by atoms with Crippen LogP contribution in [0.2, 0.25) is 0 Å². The zero-order valence-electron chi connectivity index (χ0n) is 13.9. The third kappa shape index (κ3) is 2.45. The molecule has 2 aromatic rings. The molecule has 2 aliphatic rings. The van der Waals surface area contributed by atoms with Crippen LogP contribution in [-0.2, 0) is 23.0 Å². The van der Waals surface area contributed by atoms with E-state index in [9.17, 15) is 4.79 Å². The van der Waals surface area contributed by atoms with E-state index in [4.69, 9.17) is 27.9 Å². The average Bonchev–Trinajstić information content (AvgIpc) is 2.98. The second-order valence-corrected chi connectivity index (χ2v) is 7.73. The maximum Gasteiger partial charge on any atom is 0.350 e. The monoisotopic (exact) mass is 377 g/mol. The largest absolute Gasteiger partial charge is 0.423 e. The molecule has 25 heavy (non-hydrogen) atoms. The van der Waals surface area contributed by atoms with Crippen LogP contribution in [0.5, 0.6) is 0 Å². The number of aromatic nitrogens is 2. The van der Waals surface area contributed by atoms with Crippen molar-refractivity contribution >= 4 is 40.6 Å². The number of alkyl halides is 2. The molecule has 5 nitrogen and oxygen atoms in total. The lowest BCUT2D eigenvalue weighted by Crippen LogP contribution is -2.54. The van der Waals surface area contributed by atoms with Crippen LogP contribution in [0, 0.1) is 0 Å². The summed E-state index contributed by atoms with van der Waals surface area (Å²) in [6.07, 6.45) is 3.23. The zero-order valence-corrected chi connectivity index (χ0v) is 15.4. The van der Waals surface area contributed by atoms with E-state index in [0.717, 1.165) is 28.9 Å². The van der Waals surface area contributed by atoms with Crippen LogP contribution in [0.15, 0.2) is 42.1 Å². The van der Waals surface area contributed by atoms with Crippen LogP contribution in [0.3, 0.4) is 0 Å². The number of hydrogen-bond acceptors (Lipinski definition) is 4. The Morgan fingerprint density at radius 2 is 2.00 bits per heavy atom. The highest BCUT2D eigenvalue weighted by molar-refractivity contribution is 6.59. The minimum Gasteiger partial charge on any atom is -0.423 e. The van der Waals surface area contributed by atoms with Crippen molar-refractivity contribution in [3.8, 4) is 0 Å². The summed E-state index contributed by atoms with van der Waals surface area (Å²) in [5.74, 6) is -0.108. The maximum atomic E-state index is 12.6. The number of para-hydroxylation sites is 1. The van der Waals surface area contributed by atoms with E-state index in [1.54, 1.807) is 6.20 Å². The van der Waals surface area contributed by atoms with Crippen LogP contribution in [0.4, 0.5) is 5.69 Å². The SMILES string of the molecule is CN(c1ccccc1)C1C2=C(OC(=O)C1(Cl)Cl)c1cnn(C)c1CC2. The van der Waals surface area contributed by atoms with Crippen LogP contribution >= 0.6 is 23.2 Å². The van der Waals surface area contributed by atoms with Gasteiger partial charge in [-0.2, -0.15) is 5.10 Å². The highest BCUT2D eigenvalue weighted by Crippen LogP contribution is 2.47. The number of esters is 1. The summed E-state index contributed by atoms with van der Waals surface area (Å²) in [6, 6.07) is 9.22. The second-order valence-electron chi connectivity index (χ2n) is 6.34. The molecule has 4 rings (SSSR count). The number of nitrogens with zero attached hydrogens (tertiary/aromatic N) is 3. The van der Waals surface area contributed by atoms with E-state index < -0.39 is 16.3 Å². The smallest absolute Gasteiger partial charge is 0.350 e. The summed E-state index contributed by atoms with van der Waals surface area (Å²) in [7, 11) is 3.78. The molecule has 0 fully saturated rings. The molecule has 0 bridgehead atoms. The van der Waals surface area contributed by atoms with Gasteiger partial charge in [-0.15, -0.1) is 0 Å². The molecule has 0 N–H and O–H groups in total. The topological polar surface area (TPSA) is 47.4 Å². The van der Waals surface area contributed by atoms with Gasteiger partial charge in [0.1, 0.15) is 5.76 Å². The van der Waals surface area contributed by atoms with Gasteiger partial charge >= 0.3 is 5.97 Å². The van der Waals surface area contributed by atoms with E-state index >= 15 is 0 Å². The van der Waals surface area contributed by atoms with Gasteiger partial charge in [-0.05, 0) is 30.5 Å². The van der Waals surface area contributed by atoms with Crippen molar-refractivity contribution in [2.24, 2.45) is 7.05 Å². The summed E-state index contributed by atoms with van der Waals surface area (Å²) < 4.78 is 5.69. The minimum atomic E-state index is -1.68. The summed E-state index contributed by atoms with van der Waals surface area (Å²) in [6.45, 7) is 0. The lowest BCUT2D eigenvalue weighted by atomic mass is 9.86. The summed E-state index contributed by atoms with van der Waals surface area (Å²) in [5.41, 5.74) is 3.74. The van der Waals surface area contributed by atoms with Gasteiger partial charge < -0.3 is 9.64 Å². The number of carbonyl (C=O) groups excluding carboxylic acids is 1. The zero-order chi connectivity index (χ0) is 17.8. The molecule has 1 aromatic heterocycles. The summed E-state index contributed by atoms with van der Waals surface area (Å²) >= 11 is 13.0. The standard InChI is InChI=1S/C18H17Cl2N3O2/c1-22(11-6-4-3-5-7-11)16-12-8-9-14-13(10-21-23(14)2)15(12)25-17(24)18(16,19)20/h3-7,10,16H,8-9H2,1-2H3. The van der Waals surface area contributed by atoms with Crippen LogP contribution in [0.1, 0.15) is 17.7 Å². The van der Waals surface area contributed by atoms with Crippen LogP contribution < -0.4 is 4.90 Å². The molecular weight excluding hydrogens is 361 g/mol. The third-order valence-corrected chi connectivity index (χ3v) is 5.64. The molecule has 7 heteroatoms. The molecule has 1 aromatic carbocycles. The Kier molecular flexibility index (Phi) is 3.81. The number of anilines is 1. The van der Waals surface area contributed by atoms with E-state index in [0.29, 0.717) is 12.2 Å². The number of aryl methyl sites for hydroxylation is 1. The molecule has 0 saturated carbocycles. The Morgan fingerprint density at radius 3 is 2.72 bits per heavy atom. The normalized spacial score (nSPS) is 21.4. The predicted molar refractivity (Wildman–Crippen MR) is 97.6 cm³/mol. The van der Waals surface area contributed by atoms with Crippen molar-refractivity contribution in [3.63, 3.8) is 0 Å². The number of fused-ring (bicyclic) bond motifs is 2. The highest BCUT2D eigenvalue weighted by Gasteiger charge is 2.54. The molecule has 1 aliphatic heterocycles. The quantitative estimate of drug-likeness (QED) is 0.594. The van der Waals surface area contributed by atoms with E-state index in [1.807, 2.05) is 54.0 Å². The number of benzene rings is 1. The molecule has 2 heterocycles. The van der Waals surface area contributed by atoms with Crippen molar-refractivity contribution in [1.82, 2.24) is 9.78 Å². The van der Waals surface area contributed by atoms with Gasteiger partial charge in [0.2, 0.25) is 4.33 Å². The summed E-state index contributed by atoms with van der Waals surface area (Å²) in [4.78, 5) is 14.5. The Hall–Kier alpha value is -1.98. The number of hydrogen-bond donors (Lipinski definition) is 0. The fourth-order valence-electron chi connectivity index (χ4n) is 3.65. The number of ether oxygens (including phenoxy) is 1. The third-order valence-electron chi connectivity index (χ3n) is 4.92. The van der Waals surface area contributed by atoms with Gasteiger partial charge in [-0.3, -0.25) is 4.68 Å². The van der Waals surface area contributed by atoms with Crippen molar-refractivity contribution < 1.29 is 9.53 Å². The number of carbonyl (C=O) groups is 1. The molecule has 0 spiro atoms. The first-order valence-electron chi connectivity index (χ1n) is 8.03. The van der Waals surface area contributed by atoms with Crippen LogP contribution in [-0.4, -0.2) is 33.2 Å². The van der Waals surface area contributed by atoms with Crippen molar-refractivity contribution in [2.75, 3.05) is 11.9 Å². The van der Waals surface area contributed by atoms with Gasteiger partial charge in [0.25, 0.3) is 0 Å². The van der Waals surface area contributed by atoms with Gasteiger partial charge in [-0.25, -0.2) is 4.79 Å². The minimum absolute atomic E-state index is 0.511. The summed E-state index contributed by atoms with van der Waals surface area (Å²) in [5, 5.41) is 4.29. The van der Waals surface area contributed by atoms with Crippen molar-refractivity contribution in [2.45, 2.75) is 23.2 Å². The maximum absolute atomic E-state index is 12.6. The van der Waals surface area contributed by atoms with E-state index in [1.165, 1.54) is 0 Å². The molecule has 0 radical (unpaired) electrons. The van der Waals surface area contributed by atoms with Gasteiger partial charge in [0, 0.05) is 25.5 Å². The van der Waals surface area contributed by atoms with Crippen molar-refractivity contribution in [3.05, 3.63) is 53.4 Å². The van der Waals surface area contributed by atoms with Crippen LogP contribution in [0.25, 0.3) is 5.76 Å². The Morgan fingerprint density at radius 1 is 1.28 bits per heavy atom. The molecular formula is C18H17Cl2N3O2. The molecule has 1 aliphatic carbocycles. The van der Waals surface area contributed by atoms with E-state index in [-0.39, 0.29) is 0 Å². The Balaban J connectivity index is 1.87. The van der Waals surface area contributed by atoms with Gasteiger partial charge in [-0.1, -0.05) is 41.4 Å². The number of rotatable bonds is 2. The highest BCUT2D eigenvalue weighted by atomic mass is 35.5. The van der Waals surface area contributed by atoms with Gasteiger partial charge in [0.05, 0.1) is 17.8 Å². The van der Waals surface area contributed by atoms with E-state index in [2.05, 4.69) is 5.10 Å². The molecule has 130 valence electrons. The van der Waals surface area contributed by atoms with Gasteiger partial charge in [0.15, 0.2) is 0 Å². The number of halogens is 2. The molecule has 0 saturated heterocycles. The molecule has 0 amide bonds. The molecule has 1 atom stereocenters. The first-order chi connectivity index (χ1) is 11.9. The fraction of sp³-hybridized carbons (Fsp3) is 0.333. The lowest BCUT2D eigenvalue weighted by Gasteiger charge is -2.43. The van der Waals surface area contributed by atoms with Crippen molar-refractivity contribution in [1.29, 1.82) is 0 Å². The lowest BCUT2D eigenvalue weighted by molar-refractivity contribution is -0.138. The first kappa shape index (κ1) is 16.5. The first-order valence-corrected chi connectivity index (χ1v) is 8.79. The Labute approximate surface area is 155 Å². The number of likely N-dealkylation sites (N-methyl/N-ethyl adjacent to an activating group) is 1. The second kappa shape index (κ2) is 5.78. The fourth-order valence-corrected chi connectivity index (χ4v) is 4.28.